The van der Waals surface area contributed by atoms with E-state index in [1.165, 1.54) is 44.9 Å². The molecule has 18 heavy (non-hydrogen) atoms. The van der Waals surface area contributed by atoms with Crippen molar-refractivity contribution < 1.29 is 19.6 Å². The summed E-state index contributed by atoms with van der Waals surface area (Å²) >= 11 is 0. The zero-order valence-corrected chi connectivity index (χ0v) is 11.9. The minimum absolute atomic E-state index is 0.618. The lowest BCUT2D eigenvalue weighted by Gasteiger charge is -2.06. The van der Waals surface area contributed by atoms with Crippen molar-refractivity contribution in [2.45, 2.75) is 84.0 Å². The highest BCUT2D eigenvalue weighted by Crippen LogP contribution is 2.35. The van der Waals surface area contributed by atoms with E-state index in [-0.39, 0.29) is 0 Å². The van der Waals surface area contributed by atoms with Crippen LogP contribution >= 0.6 is 0 Å². The molecule has 0 bridgehead atoms. The van der Waals surface area contributed by atoms with Gasteiger partial charge in [0.05, 0.1) is 6.61 Å². The van der Waals surface area contributed by atoms with Crippen molar-refractivity contribution in [3.8, 4) is 0 Å². The van der Waals surface area contributed by atoms with Gasteiger partial charge in [0, 0.05) is 6.42 Å². The van der Waals surface area contributed by atoms with Crippen LogP contribution in [0.1, 0.15) is 78.1 Å². The molecule has 108 valence electrons. The molecule has 1 fully saturated rings. The molecule has 0 aromatic heterocycles. The lowest BCUT2D eigenvalue weighted by atomic mass is 10.1. The molecule has 1 heterocycles. The second kappa shape index (κ2) is 9.73. The third kappa shape index (κ3) is 7.31. The molecule has 0 radical (unpaired) electrons. The average Bonchev–Trinajstić information content (AvgIpc) is 3.12. The molecule has 0 amide bonds. The molecule has 4 nitrogen and oxygen atoms in total. The van der Waals surface area contributed by atoms with E-state index in [9.17, 15) is 0 Å². The molecule has 4 heteroatoms. The Kier molecular flexibility index (Phi) is 8.59. The Hall–Kier alpha value is -0.160. The van der Waals surface area contributed by atoms with Crippen LogP contribution in [-0.4, -0.2) is 12.6 Å². The summed E-state index contributed by atoms with van der Waals surface area (Å²) in [5, 5.41) is 0. The van der Waals surface area contributed by atoms with Crippen LogP contribution < -0.4 is 0 Å². The topological polar surface area (TPSA) is 43.5 Å². The molecule has 1 aliphatic heterocycles. The summed E-state index contributed by atoms with van der Waals surface area (Å²) in [6.45, 7) is 4.91. The van der Waals surface area contributed by atoms with Crippen LogP contribution in [0.2, 0.25) is 0 Å². The van der Waals surface area contributed by atoms with E-state index in [2.05, 4.69) is 13.8 Å². The predicted octanol–water partition coefficient (Wildman–Crippen LogP) is 4.49. The van der Waals surface area contributed by atoms with E-state index < -0.39 is 5.97 Å². The first-order valence-electron chi connectivity index (χ1n) is 7.50. The average molecular weight is 260 g/mol. The summed E-state index contributed by atoms with van der Waals surface area (Å²) in [7, 11) is 0. The molecule has 1 saturated heterocycles. The van der Waals surface area contributed by atoms with Gasteiger partial charge < -0.3 is 0 Å². The Morgan fingerprint density at radius 2 is 1.39 bits per heavy atom. The van der Waals surface area contributed by atoms with Crippen molar-refractivity contribution in [3.05, 3.63) is 0 Å². The molecule has 0 atom stereocenters. The van der Waals surface area contributed by atoms with E-state index in [0.717, 1.165) is 12.8 Å². The van der Waals surface area contributed by atoms with E-state index in [1.807, 2.05) is 0 Å². The second-order valence-electron chi connectivity index (χ2n) is 4.98. The van der Waals surface area contributed by atoms with Gasteiger partial charge in [-0.2, -0.15) is 14.7 Å². The van der Waals surface area contributed by atoms with Crippen molar-refractivity contribution in [3.63, 3.8) is 0 Å². The summed E-state index contributed by atoms with van der Waals surface area (Å²) in [6, 6.07) is 0. The highest BCUT2D eigenvalue weighted by Gasteiger charge is 2.51. The third-order valence-electron chi connectivity index (χ3n) is 3.09. The fourth-order valence-corrected chi connectivity index (χ4v) is 1.93. The quantitative estimate of drug-likeness (QED) is 0.212. The molecule has 1 aliphatic rings. The highest BCUT2D eigenvalue weighted by atomic mass is 17.5. The van der Waals surface area contributed by atoms with E-state index >= 15 is 0 Å². The normalized spacial score (nSPS) is 17.0. The van der Waals surface area contributed by atoms with E-state index in [1.54, 1.807) is 0 Å². The van der Waals surface area contributed by atoms with Crippen LogP contribution in [0.4, 0.5) is 0 Å². The SMILES string of the molecule is CCCCCCCCCCOOC1(CCC)OO1. The van der Waals surface area contributed by atoms with Gasteiger partial charge in [0.1, 0.15) is 0 Å². The molecule has 0 aromatic rings. The Morgan fingerprint density at radius 1 is 0.778 bits per heavy atom. The molecule has 0 spiro atoms. The maximum Gasteiger partial charge on any atom is 0.366 e. The minimum atomic E-state index is -0.880. The van der Waals surface area contributed by atoms with Gasteiger partial charge >= 0.3 is 5.97 Å². The molecule has 1 rings (SSSR count). The van der Waals surface area contributed by atoms with Gasteiger partial charge in [0.25, 0.3) is 0 Å². The largest absolute Gasteiger partial charge is 0.366 e. The van der Waals surface area contributed by atoms with Crippen LogP contribution in [0.3, 0.4) is 0 Å². The standard InChI is InChI=1S/C14H28O4/c1-3-5-6-7-8-9-10-11-13-15-16-14(12-4-2)17-18-14/h3-13H2,1-2H3. The van der Waals surface area contributed by atoms with Crippen molar-refractivity contribution in [2.75, 3.05) is 6.61 Å². The maximum atomic E-state index is 5.11. The molecule has 0 unspecified atom stereocenters. The Labute approximate surface area is 111 Å². The zero-order chi connectivity index (χ0) is 13.1. The molecular weight excluding hydrogens is 232 g/mol. The Balaban J connectivity index is 1.76. The first-order valence-corrected chi connectivity index (χ1v) is 7.50. The smallest absolute Gasteiger partial charge is 0.231 e. The fourth-order valence-electron chi connectivity index (χ4n) is 1.93. The van der Waals surface area contributed by atoms with Crippen LogP contribution in [0, 0.1) is 0 Å². The van der Waals surface area contributed by atoms with Crippen LogP contribution in [0.15, 0.2) is 0 Å². The minimum Gasteiger partial charge on any atom is -0.231 e. The van der Waals surface area contributed by atoms with Gasteiger partial charge in [-0.05, 0) is 12.8 Å². The number of hydrogen-bond donors (Lipinski definition) is 0. The van der Waals surface area contributed by atoms with Gasteiger partial charge in [-0.15, -0.1) is 0 Å². The molecular formula is C14H28O4. The van der Waals surface area contributed by atoms with Crippen molar-refractivity contribution in [1.29, 1.82) is 0 Å². The predicted molar refractivity (Wildman–Crippen MR) is 69.5 cm³/mol. The molecule has 0 aliphatic carbocycles. The number of rotatable bonds is 13. The summed E-state index contributed by atoms with van der Waals surface area (Å²) in [6.07, 6.45) is 12.0. The van der Waals surface area contributed by atoms with Crippen molar-refractivity contribution >= 4 is 0 Å². The van der Waals surface area contributed by atoms with Gasteiger partial charge in [0.2, 0.25) is 0 Å². The second-order valence-corrected chi connectivity index (χ2v) is 4.98. The van der Waals surface area contributed by atoms with Crippen molar-refractivity contribution in [1.82, 2.24) is 0 Å². The lowest BCUT2D eigenvalue weighted by molar-refractivity contribution is -0.368. The number of unbranched alkanes of at least 4 members (excludes halogenated alkanes) is 7. The lowest BCUT2D eigenvalue weighted by Crippen LogP contribution is -2.16. The fraction of sp³-hybridized carbons (Fsp3) is 1.00. The van der Waals surface area contributed by atoms with Crippen LogP contribution in [-0.2, 0) is 19.6 Å². The maximum absolute atomic E-state index is 5.11. The van der Waals surface area contributed by atoms with Crippen molar-refractivity contribution in [2.24, 2.45) is 0 Å². The first kappa shape index (κ1) is 15.9. The summed E-state index contributed by atoms with van der Waals surface area (Å²) in [5.41, 5.74) is 0. The monoisotopic (exact) mass is 260 g/mol. The van der Waals surface area contributed by atoms with E-state index in [4.69, 9.17) is 19.6 Å². The van der Waals surface area contributed by atoms with Gasteiger partial charge in [-0.1, -0.05) is 58.8 Å². The third-order valence-corrected chi connectivity index (χ3v) is 3.09. The van der Waals surface area contributed by atoms with Gasteiger partial charge in [-0.25, -0.2) is 4.89 Å². The Morgan fingerprint density at radius 3 is 1.94 bits per heavy atom. The van der Waals surface area contributed by atoms with Crippen LogP contribution in [0.25, 0.3) is 0 Å². The number of hydrogen-bond acceptors (Lipinski definition) is 4. The Bertz CT molecular complexity index is 192. The summed E-state index contributed by atoms with van der Waals surface area (Å²) in [5.74, 6) is -0.880. The summed E-state index contributed by atoms with van der Waals surface area (Å²) < 4.78 is 0. The molecule has 0 N–H and O–H groups in total. The zero-order valence-electron chi connectivity index (χ0n) is 11.9. The van der Waals surface area contributed by atoms with Gasteiger partial charge in [-0.3, -0.25) is 0 Å². The molecule has 0 saturated carbocycles. The summed E-state index contributed by atoms with van der Waals surface area (Å²) in [4.78, 5) is 19.7. The van der Waals surface area contributed by atoms with Gasteiger partial charge in [0.15, 0.2) is 0 Å². The highest BCUT2D eigenvalue weighted by molar-refractivity contribution is 4.57. The first-order chi connectivity index (χ1) is 8.83. The van der Waals surface area contributed by atoms with E-state index in [0.29, 0.717) is 13.0 Å². The molecule has 0 aromatic carbocycles. The van der Waals surface area contributed by atoms with Crippen LogP contribution in [0.5, 0.6) is 0 Å².